The molecule has 5 rings (SSSR count). The molecule has 4 atom stereocenters. The molecule has 1 N–H and O–H groups in total. The van der Waals surface area contributed by atoms with Crippen LogP contribution >= 0.6 is 0 Å². The normalized spacial score (nSPS) is 29.3. The summed E-state index contributed by atoms with van der Waals surface area (Å²) >= 11 is 0. The first-order chi connectivity index (χ1) is 14.1. The van der Waals surface area contributed by atoms with Gasteiger partial charge in [-0.15, -0.1) is 0 Å². The molecule has 4 heterocycles. The second-order valence-corrected chi connectivity index (χ2v) is 8.16. The monoisotopic (exact) mass is 389 g/mol. The second-order valence-electron chi connectivity index (χ2n) is 8.16. The second kappa shape index (κ2) is 6.81. The fraction of sp³-hybridized carbons (Fsp3) is 0.348. The van der Waals surface area contributed by atoms with E-state index in [9.17, 15) is 9.59 Å². The summed E-state index contributed by atoms with van der Waals surface area (Å²) in [5.74, 6) is -1.09. The molecule has 1 spiro atoms. The summed E-state index contributed by atoms with van der Waals surface area (Å²) in [6.45, 7) is 3.42. The van der Waals surface area contributed by atoms with Gasteiger partial charge in [0.2, 0.25) is 11.8 Å². The van der Waals surface area contributed by atoms with Crippen molar-refractivity contribution in [2.24, 2.45) is 11.8 Å². The van der Waals surface area contributed by atoms with E-state index >= 15 is 0 Å². The van der Waals surface area contributed by atoms with Gasteiger partial charge >= 0.3 is 0 Å². The molecule has 2 saturated heterocycles. The lowest BCUT2D eigenvalue weighted by Gasteiger charge is -2.23. The van der Waals surface area contributed by atoms with Crippen molar-refractivity contribution in [3.8, 4) is 0 Å². The molecule has 2 amide bonds. The maximum Gasteiger partial charge on any atom is 0.230 e. The molecule has 2 unspecified atom stereocenters. The summed E-state index contributed by atoms with van der Waals surface area (Å²) in [6, 6.07) is 11.9. The largest absolute Gasteiger partial charge is 0.360 e. The van der Waals surface area contributed by atoms with Gasteiger partial charge < -0.3 is 15.0 Å². The van der Waals surface area contributed by atoms with Crippen LogP contribution in [-0.4, -0.2) is 39.9 Å². The average molecular weight is 389 g/mol. The molecule has 2 aromatic rings. The Labute approximate surface area is 169 Å². The SMILES string of the molecule is Cc1ccc(CNC(=O)[C@@H]2C3C=CC4(CN(Cc5cccnc5)C(=O)[C@H]24)O3)cc1. The Morgan fingerprint density at radius 2 is 2.10 bits per heavy atom. The van der Waals surface area contributed by atoms with Crippen molar-refractivity contribution in [3.05, 3.63) is 77.6 Å². The smallest absolute Gasteiger partial charge is 0.230 e. The Hall–Kier alpha value is -2.99. The molecular formula is C23H23N3O3. The highest BCUT2D eigenvalue weighted by atomic mass is 16.5. The molecule has 6 nitrogen and oxygen atoms in total. The zero-order valence-electron chi connectivity index (χ0n) is 16.2. The minimum absolute atomic E-state index is 0.0174. The minimum atomic E-state index is -0.685. The molecule has 1 aromatic carbocycles. The third kappa shape index (κ3) is 3.04. The van der Waals surface area contributed by atoms with E-state index in [1.54, 1.807) is 17.3 Å². The van der Waals surface area contributed by atoms with Gasteiger partial charge in [-0.25, -0.2) is 0 Å². The van der Waals surface area contributed by atoms with E-state index in [2.05, 4.69) is 10.3 Å². The first kappa shape index (κ1) is 18.1. The van der Waals surface area contributed by atoms with Crippen molar-refractivity contribution in [3.63, 3.8) is 0 Å². The molecule has 0 saturated carbocycles. The zero-order valence-corrected chi connectivity index (χ0v) is 16.2. The number of rotatable bonds is 5. The van der Waals surface area contributed by atoms with Crippen molar-refractivity contribution < 1.29 is 14.3 Å². The van der Waals surface area contributed by atoms with Crippen LogP contribution in [0, 0.1) is 18.8 Å². The molecule has 1 aromatic heterocycles. The summed E-state index contributed by atoms with van der Waals surface area (Å²) < 4.78 is 6.17. The van der Waals surface area contributed by atoms with E-state index in [0.717, 1.165) is 11.1 Å². The average Bonchev–Trinajstić information content (AvgIpc) is 3.36. The third-order valence-corrected chi connectivity index (χ3v) is 6.17. The van der Waals surface area contributed by atoms with E-state index in [1.165, 1.54) is 5.56 Å². The Morgan fingerprint density at radius 1 is 1.28 bits per heavy atom. The summed E-state index contributed by atoms with van der Waals surface area (Å²) in [5.41, 5.74) is 2.50. The quantitative estimate of drug-likeness (QED) is 0.794. The molecular weight excluding hydrogens is 366 g/mol. The van der Waals surface area contributed by atoms with E-state index in [-0.39, 0.29) is 17.9 Å². The number of likely N-dealkylation sites (tertiary alicyclic amines) is 1. The summed E-state index contributed by atoms with van der Waals surface area (Å²) in [6.07, 6.45) is 7.06. The van der Waals surface area contributed by atoms with Crippen LogP contribution in [0.3, 0.4) is 0 Å². The van der Waals surface area contributed by atoms with Crippen LogP contribution in [0.25, 0.3) is 0 Å². The standard InChI is InChI=1S/C23H23N3O3/c1-15-4-6-16(7-5-15)12-25-21(27)19-18-8-9-23(29-18)14-26(22(28)20(19)23)13-17-3-2-10-24-11-17/h2-11,18-20H,12-14H2,1H3,(H,25,27)/t18?,19-,20+,23?/m1/s1. The van der Waals surface area contributed by atoms with Crippen LogP contribution in [0.2, 0.25) is 0 Å². The number of benzene rings is 1. The van der Waals surface area contributed by atoms with Gasteiger partial charge in [0, 0.05) is 25.5 Å². The number of pyridine rings is 1. The van der Waals surface area contributed by atoms with E-state index in [4.69, 9.17) is 4.74 Å². The number of carbonyl (C=O) groups is 2. The predicted molar refractivity (Wildman–Crippen MR) is 106 cm³/mol. The van der Waals surface area contributed by atoms with Crippen molar-refractivity contribution >= 4 is 11.8 Å². The van der Waals surface area contributed by atoms with Gasteiger partial charge in [-0.3, -0.25) is 14.6 Å². The van der Waals surface area contributed by atoms with Crippen LogP contribution in [0.15, 0.2) is 60.9 Å². The van der Waals surface area contributed by atoms with Gasteiger partial charge in [-0.1, -0.05) is 48.0 Å². The number of fused-ring (bicyclic) bond motifs is 1. The lowest BCUT2D eigenvalue weighted by atomic mass is 9.77. The lowest BCUT2D eigenvalue weighted by molar-refractivity contribution is -0.137. The predicted octanol–water partition coefficient (Wildman–Crippen LogP) is 1.99. The van der Waals surface area contributed by atoms with E-state index in [1.807, 2.05) is 55.5 Å². The van der Waals surface area contributed by atoms with Crippen LogP contribution in [0.4, 0.5) is 0 Å². The highest BCUT2D eigenvalue weighted by Gasteiger charge is 2.66. The fourth-order valence-corrected chi connectivity index (χ4v) is 4.74. The lowest BCUT2D eigenvalue weighted by Crippen LogP contribution is -2.43. The number of nitrogens with zero attached hydrogens (tertiary/aromatic N) is 2. The van der Waals surface area contributed by atoms with Gasteiger partial charge in [0.15, 0.2) is 0 Å². The maximum atomic E-state index is 13.2. The van der Waals surface area contributed by atoms with E-state index in [0.29, 0.717) is 19.6 Å². The van der Waals surface area contributed by atoms with Crippen LogP contribution in [-0.2, 0) is 27.4 Å². The molecule has 148 valence electrons. The third-order valence-electron chi connectivity index (χ3n) is 6.17. The topological polar surface area (TPSA) is 71.5 Å². The zero-order chi connectivity index (χ0) is 20.0. The van der Waals surface area contributed by atoms with Crippen LogP contribution < -0.4 is 5.32 Å². The highest BCUT2D eigenvalue weighted by molar-refractivity contribution is 5.93. The Balaban J connectivity index is 1.31. The highest BCUT2D eigenvalue weighted by Crippen LogP contribution is 2.52. The fourth-order valence-electron chi connectivity index (χ4n) is 4.74. The van der Waals surface area contributed by atoms with Crippen molar-refractivity contribution in [2.75, 3.05) is 6.54 Å². The number of hydrogen-bond acceptors (Lipinski definition) is 4. The Morgan fingerprint density at radius 3 is 2.86 bits per heavy atom. The van der Waals surface area contributed by atoms with Crippen LogP contribution in [0.5, 0.6) is 0 Å². The molecule has 0 aliphatic carbocycles. The molecule has 2 fully saturated rings. The molecule has 3 aliphatic heterocycles. The molecule has 0 radical (unpaired) electrons. The first-order valence-electron chi connectivity index (χ1n) is 9.94. The number of amides is 2. The Bertz CT molecular complexity index is 973. The first-order valence-corrected chi connectivity index (χ1v) is 9.94. The van der Waals surface area contributed by atoms with Crippen molar-refractivity contribution in [2.45, 2.75) is 31.7 Å². The molecule has 3 aliphatic rings. The van der Waals surface area contributed by atoms with Crippen molar-refractivity contribution in [1.82, 2.24) is 15.2 Å². The summed E-state index contributed by atoms with van der Waals surface area (Å²) in [4.78, 5) is 32.1. The van der Waals surface area contributed by atoms with Gasteiger partial charge in [-0.05, 0) is 24.1 Å². The van der Waals surface area contributed by atoms with Gasteiger partial charge in [0.25, 0.3) is 0 Å². The van der Waals surface area contributed by atoms with Gasteiger partial charge in [0.05, 0.1) is 24.5 Å². The van der Waals surface area contributed by atoms with Gasteiger partial charge in [0.1, 0.15) is 5.60 Å². The number of carbonyl (C=O) groups excluding carboxylic acids is 2. The van der Waals surface area contributed by atoms with E-state index < -0.39 is 17.4 Å². The number of ether oxygens (including phenoxy) is 1. The maximum absolute atomic E-state index is 13.2. The summed E-state index contributed by atoms with van der Waals surface area (Å²) in [5, 5.41) is 3.01. The Kier molecular flexibility index (Phi) is 4.24. The number of nitrogens with one attached hydrogen (secondary N) is 1. The van der Waals surface area contributed by atoms with Gasteiger partial charge in [-0.2, -0.15) is 0 Å². The molecule has 2 bridgehead atoms. The minimum Gasteiger partial charge on any atom is -0.360 e. The van der Waals surface area contributed by atoms with Crippen LogP contribution in [0.1, 0.15) is 16.7 Å². The number of aryl methyl sites for hydroxylation is 1. The molecule has 29 heavy (non-hydrogen) atoms. The summed E-state index contributed by atoms with van der Waals surface area (Å²) in [7, 11) is 0. The number of aromatic nitrogens is 1. The number of hydrogen-bond donors (Lipinski definition) is 1. The molecule has 6 heteroatoms. The van der Waals surface area contributed by atoms with Crippen molar-refractivity contribution in [1.29, 1.82) is 0 Å².